The third-order valence-corrected chi connectivity index (χ3v) is 7.51. The molecule has 2 bridgehead atoms. The first-order valence-electron chi connectivity index (χ1n) is 11.0. The summed E-state index contributed by atoms with van der Waals surface area (Å²) < 4.78 is 36.6. The van der Waals surface area contributed by atoms with Gasteiger partial charge in [-0.1, -0.05) is 6.58 Å². The molecule has 4 fully saturated rings. The number of Topliss-reactive ketones (excluding diaryl/α,β-unsaturated/α-hetero) is 1. The van der Waals surface area contributed by atoms with Gasteiger partial charge in [-0.25, -0.2) is 0 Å². The number of hydrogen-bond acceptors (Lipinski definition) is 8. The Hall–Kier alpha value is -0.300. The van der Waals surface area contributed by atoms with Crippen molar-refractivity contribution in [1.82, 2.24) is 0 Å². The van der Waals surface area contributed by atoms with E-state index in [9.17, 15) is 9.59 Å². The Kier molecular flexibility index (Phi) is 7.86. The minimum Gasteiger partial charge on any atom is -0.469 e. The van der Waals surface area contributed by atoms with Crippen LogP contribution in [-0.4, -0.2) is 79.9 Å². The van der Waals surface area contributed by atoms with Gasteiger partial charge in [-0.05, 0) is 51.9 Å². The summed E-state index contributed by atoms with van der Waals surface area (Å²) in [5.41, 5.74) is 0. The fourth-order valence-electron chi connectivity index (χ4n) is 5.30. The zero-order valence-corrected chi connectivity index (χ0v) is 21.2. The highest BCUT2D eigenvalue weighted by atomic mass is 127. The van der Waals surface area contributed by atoms with E-state index in [1.54, 1.807) is 7.11 Å². The summed E-state index contributed by atoms with van der Waals surface area (Å²) in [4.78, 5) is 24.5. The lowest BCUT2D eigenvalue weighted by Crippen LogP contribution is -2.66. The summed E-state index contributed by atoms with van der Waals surface area (Å²) in [5, 5.41) is -0.133. The van der Waals surface area contributed by atoms with Crippen LogP contribution in [0.25, 0.3) is 0 Å². The lowest BCUT2D eigenvalue weighted by Gasteiger charge is -2.50. The Bertz CT molecular complexity index is 749. The van der Waals surface area contributed by atoms with E-state index in [0.29, 0.717) is 25.7 Å². The third-order valence-electron chi connectivity index (χ3n) is 6.69. The smallest absolute Gasteiger partial charge is 0.308 e. The highest BCUT2D eigenvalue weighted by Crippen LogP contribution is 2.53. The van der Waals surface area contributed by atoms with Gasteiger partial charge in [-0.3, -0.25) is 9.59 Å². The van der Waals surface area contributed by atoms with Gasteiger partial charge in [0.2, 0.25) is 5.79 Å². The molecule has 0 amide bonds. The van der Waals surface area contributed by atoms with Crippen molar-refractivity contribution in [3.63, 3.8) is 0 Å². The number of carbonyl (C=O) groups is 2. The van der Waals surface area contributed by atoms with Crippen LogP contribution in [0.1, 0.15) is 44.9 Å². The van der Waals surface area contributed by atoms with Gasteiger partial charge in [0.05, 0.1) is 32.2 Å². The molecule has 4 saturated heterocycles. The van der Waals surface area contributed by atoms with Gasteiger partial charge in [0.25, 0.3) is 0 Å². The summed E-state index contributed by atoms with van der Waals surface area (Å²) in [5.74, 6) is -1.50. The predicted octanol–water partition coefficient (Wildman–Crippen LogP) is 3.06. The first kappa shape index (κ1) is 24.8. The van der Waals surface area contributed by atoms with E-state index in [1.165, 1.54) is 7.11 Å². The molecule has 0 aromatic rings. The SMILES string of the molecule is C=C(I)C[C@H](Cl)CCC(=O)C[C@@]12O[C@@H]3[C@@H](O[C@H]4CCC(CC(=O)OC)OC4[C@@H]3O1)[C@H]2OC. The number of ketones is 1. The van der Waals surface area contributed by atoms with Crippen LogP contribution < -0.4 is 0 Å². The van der Waals surface area contributed by atoms with Crippen molar-refractivity contribution in [3.05, 3.63) is 10.2 Å². The molecule has 0 N–H and O–H groups in total. The average molecular weight is 585 g/mol. The van der Waals surface area contributed by atoms with Crippen LogP contribution in [0.5, 0.6) is 0 Å². The maximum atomic E-state index is 12.8. The third kappa shape index (κ3) is 4.89. The summed E-state index contributed by atoms with van der Waals surface area (Å²) >= 11 is 8.45. The highest BCUT2D eigenvalue weighted by molar-refractivity contribution is 14.1. The van der Waals surface area contributed by atoms with Crippen molar-refractivity contribution in [2.75, 3.05) is 14.2 Å². The van der Waals surface area contributed by atoms with Crippen LogP contribution in [0.3, 0.4) is 0 Å². The number of esters is 1. The number of alkyl halides is 1. The number of ether oxygens (including phenoxy) is 6. The minimum atomic E-state index is -1.19. The van der Waals surface area contributed by atoms with Crippen molar-refractivity contribution < 1.29 is 38.0 Å². The van der Waals surface area contributed by atoms with E-state index in [0.717, 1.165) is 10.0 Å². The first-order chi connectivity index (χ1) is 15.3. The minimum absolute atomic E-state index is 0.00192. The van der Waals surface area contributed by atoms with Crippen LogP contribution >= 0.6 is 34.2 Å². The van der Waals surface area contributed by atoms with Gasteiger partial charge < -0.3 is 28.4 Å². The monoisotopic (exact) mass is 584 g/mol. The van der Waals surface area contributed by atoms with Crippen LogP contribution in [0.2, 0.25) is 0 Å². The normalized spacial score (nSPS) is 40.6. The van der Waals surface area contributed by atoms with Crippen molar-refractivity contribution in [3.8, 4) is 0 Å². The zero-order chi connectivity index (χ0) is 23.0. The number of methoxy groups -OCH3 is 2. The second-order valence-corrected chi connectivity index (χ2v) is 11.1. The van der Waals surface area contributed by atoms with Crippen LogP contribution in [0.4, 0.5) is 0 Å². The summed E-state index contributed by atoms with van der Waals surface area (Å²) in [7, 11) is 2.95. The fraction of sp³-hybridized carbons (Fsp3) is 0.818. The second-order valence-electron chi connectivity index (χ2n) is 8.93. The van der Waals surface area contributed by atoms with Crippen molar-refractivity contribution in [1.29, 1.82) is 0 Å². The summed E-state index contributed by atoms with van der Waals surface area (Å²) in [6, 6.07) is 0. The number of hydrogen-bond donors (Lipinski definition) is 0. The maximum Gasteiger partial charge on any atom is 0.308 e. The Balaban J connectivity index is 1.41. The van der Waals surface area contributed by atoms with E-state index >= 15 is 0 Å². The molecule has 180 valence electrons. The Morgan fingerprint density at radius 1 is 1.16 bits per heavy atom. The molecule has 0 aromatic heterocycles. The lowest BCUT2D eigenvalue weighted by atomic mass is 9.84. The molecule has 8 nitrogen and oxygen atoms in total. The van der Waals surface area contributed by atoms with Gasteiger partial charge >= 0.3 is 5.97 Å². The summed E-state index contributed by atoms with van der Waals surface area (Å²) in [6.07, 6.45) is 0.901. The molecule has 0 aliphatic carbocycles. The van der Waals surface area contributed by atoms with Crippen molar-refractivity contribution in [2.45, 2.75) is 98.8 Å². The molecule has 2 unspecified atom stereocenters. The van der Waals surface area contributed by atoms with Crippen LogP contribution in [0.15, 0.2) is 10.2 Å². The van der Waals surface area contributed by atoms with Gasteiger partial charge in [0, 0.05) is 18.9 Å². The number of fused-ring (bicyclic) bond motifs is 3. The van der Waals surface area contributed by atoms with Gasteiger partial charge in [0.15, 0.2) is 0 Å². The molecule has 4 aliphatic heterocycles. The quantitative estimate of drug-likeness (QED) is 0.220. The Labute approximate surface area is 206 Å². The molecule has 0 saturated carbocycles. The van der Waals surface area contributed by atoms with E-state index in [4.69, 9.17) is 40.0 Å². The molecule has 0 spiro atoms. The Morgan fingerprint density at radius 2 is 1.88 bits per heavy atom. The molecule has 0 aromatic carbocycles. The fourth-order valence-corrected chi connectivity index (χ4v) is 6.39. The van der Waals surface area contributed by atoms with E-state index in [-0.39, 0.29) is 66.6 Å². The molecular formula is C22H30ClIO8. The number of allylic oxidation sites excluding steroid dienone is 1. The average Bonchev–Trinajstić information content (AvgIpc) is 3.26. The standard InChI is InChI=1S/C22H30ClIO8/c1-11(24)8-12(23)4-5-13(25)10-22-21(28-3)20-19(32-22)18(31-22)17-15(30-20)7-6-14(29-17)9-16(26)27-2/h12,14-15,17-21H,1,4-10H2,2-3H3/t12-,14?,15+,17?,18+,19+,20-,21-,22+/m1/s1. The topological polar surface area (TPSA) is 89.5 Å². The van der Waals surface area contributed by atoms with E-state index in [2.05, 4.69) is 29.2 Å². The van der Waals surface area contributed by atoms with Crippen molar-refractivity contribution in [2.24, 2.45) is 0 Å². The Morgan fingerprint density at radius 3 is 2.53 bits per heavy atom. The first-order valence-corrected chi connectivity index (χ1v) is 12.5. The van der Waals surface area contributed by atoms with E-state index < -0.39 is 11.9 Å². The number of halogens is 2. The zero-order valence-electron chi connectivity index (χ0n) is 18.3. The molecule has 4 rings (SSSR count). The molecule has 4 heterocycles. The van der Waals surface area contributed by atoms with Gasteiger partial charge in [-0.15, -0.1) is 11.6 Å². The molecule has 9 atom stereocenters. The molecule has 10 heteroatoms. The lowest BCUT2D eigenvalue weighted by molar-refractivity contribution is -0.301. The molecule has 32 heavy (non-hydrogen) atoms. The van der Waals surface area contributed by atoms with E-state index in [1.807, 2.05) is 0 Å². The second kappa shape index (κ2) is 10.1. The number of carbonyl (C=O) groups excluding carboxylic acids is 2. The van der Waals surface area contributed by atoms with Gasteiger partial charge in [0.1, 0.15) is 36.3 Å². The van der Waals surface area contributed by atoms with Crippen molar-refractivity contribution >= 4 is 45.9 Å². The highest BCUT2D eigenvalue weighted by Gasteiger charge is 2.71. The number of rotatable bonds is 10. The van der Waals surface area contributed by atoms with Crippen LogP contribution in [0, 0.1) is 0 Å². The molecule has 0 radical (unpaired) electrons. The van der Waals surface area contributed by atoms with Crippen LogP contribution in [-0.2, 0) is 38.0 Å². The summed E-state index contributed by atoms with van der Waals surface area (Å²) in [6.45, 7) is 3.86. The maximum absolute atomic E-state index is 12.8. The van der Waals surface area contributed by atoms with Gasteiger partial charge in [-0.2, -0.15) is 0 Å². The predicted molar refractivity (Wildman–Crippen MR) is 123 cm³/mol. The molecule has 4 aliphatic rings. The largest absolute Gasteiger partial charge is 0.469 e. The molecular weight excluding hydrogens is 555 g/mol.